The monoisotopic (exact) mass is 294 g/mol. The summed E-state index contributed by atoms with van der Waals surface area (Å²) in [5.41, 5.74) is 0.340. The fraction of sp³-hybridized carbons (Fsp3) is 0.467. The van der Waals surface area contributed by atoms with Gasteiger partial charge in [0.15, 0.2) is 0 Å². The van der Waals surface area contributed by atoms with Gasteiger partial charge in [-0.15, -0.1) is 0 Å². The van der Waals surface area contributed by atoms with Gasteiger partial charge in [0.2, 0.25) is 0 Å². The van der Waals surface area contributed by atoms with Crippen molar-refractivity contribution in [3.05, 3.63) is 23.8 Å². The number of nitrogens with one attached hydrogen (secondary N) is 2. The van der Waals surface area contributed by atoms with E-state index in [9.17, 15) is 9.59 Å². The highest BCUT2D eigenvalue weighted by Crippen LogP contribution is 2.22. The molecule has 6 heteroatoms. The van der Waals surface area contributed by atoms with E-state index >= 15 is 0 Å². The van der Waals surface area contributed by atoms with Crippen LogP contribution in [0.15, 0.2) is 18.2 Å². The van der Waals surface area contributed by atoms with Crippen molar-refractivity contribution >= 4 is 17.7 Å². The van der Waals surface area contributed by atoms with Crippen molar-refractivity contribution in [3.8, 4) is 5.75 Å². The van der Waals surface area contributed by atoms with E-state index in [-0.39, 0.29) is 16.7 Å². The van der Waals surface area contributed by atoms with Gasteiger partial charge in [0.05, 0.1) is 18.4 Å². The molecule has 0 unspecified atom stereocenters. The summed E-state index contributed by atoms with van der Waals surface area (Å²) in [6.45, 7) is 6.76. The second kappa shape index (κ2) is 6.97. The first-order chi connectivity index (χ1) is 9.73. The predicted octanol–water partition coefficient (Wildman–Crippen LogP) is 2.95. The van der Waals surface area contributed by atoms with Crippen molar-refractivity contribution in [1.29, 1.82) is 0 Å². The number of benzene rings is 1. The van der Waals surface area contributed by atoms with Gasteiger partial charge in [-0.05, 0) is 24.0 Å². The maximum absolute atomic E-state index is 11.8. The van der Waals surface area contributed by atoms with Crippen LogP contribution in [0, 0.1) is 5.41 Å². The van der Waals surface area contributed by atoms with Crippen LogP contribution in [0.5, 0.6) is 5.75 Å². The maximum Gasteiger partial charge on any atom is 0.337 e. The first-order valence-electron chi connectivity index (χ1n) is 6.69. The summed E-state index contributed by atoms with van der Waals surface area (Å²) in [6, 6.07) is 3.97. The number of ether oxygens (including phenoxy) is 1. The lowest BCUT2D eigenvalue weighted by Crippen LogP contribution is -2.31. The fourth-order valence-electron chi connectivity index (χ4n) is 1.66. The third-order valence-electron chi connectivity index (χ3n) is 2.87. The Labute approximate surface area is 124 Å². The summed E-state index contributed by atoms with van der Waals surface area (Å²) in [5.74, 6) is -0.632. The molecule has 0 aliphatic heterocycles. The minimum absolute atomic E-state index is 0.0155. The highest BCUT2D eigenvalue weighted by atomic mass is 16.5. The molecular weight excluding hydrogens is 272 g/mol. The molecule has 0 aromatic heterocycles. The third kappa shape index (κ3) is 5.72. The van der Waals surface area contributed by atoms with E-state index < -0.39 is 12.0 Å². The molecule has 0 bridgehead atoms. The van der Waals surface area contributed by atoms with Gasteiger partial charge in [0.1, 0.15) is 5.75 Å². The lowest BCUT2D eigenvalue weighted by atomic mass is 9.92. The molecule has 6 nitrogen and oxygen atoms in total. The van der Waals surface area contributed by atoms with Crippen molar-refractivity contribution in [2.75, 3.05) is 19.0 Å². The molecule has 0 aliphatic carbocycles. The zero-order valence-corrected chi connectivity index (χ0v) is 12.8. The standard InChI is InChI=1S/C15H22N2O4/c1-15(2,3)7-8-16-14(20)17-12-9-10(21-4)5-6-11(12)13(18)19/h5-6,9H,7-8H2,1-4H3,(H,18,19)(H2,16,17,20). The normalized spacial score (nSPS) is 10.9. The summed E-state index contributed by atoms with van der Waals surface area (Å²) in [7, 11) is 1.48. The molecule has 0 saturated heterocycles. The number of carbonyl (C=O) groups excluding carboxylic acids is 1. The van der Waals surface area contributed by atoms with E-state index in [2.05, 4.69) is 31.4 Å². The van der Waals surface area contributed by atoms with Crippen LogP contribution < -0.4 is 15.4 Å². The number of amides is 2. The molecule has 116 valence electrons. The second-order valence-electron chi connectivity index (χ2n) is 5.91. The Kier molecular flexibility index (Phi) is 5.58. The van der Waals surface area contributed by atoms with Crippen LogP contribution >= 0.6 is 0 Å². The highest BCUT2D eigenvalue weighted by Gasteiger charge is 2.14. The Hall–Kier alpha value is -2.24. The van der Waals surface area contributed by atoms with Gasteiger partial charge in [-0.2, -0.15) is 0 Å². The molecular formula is C15H22N2O4. The average Bonchev–Trinajstić information content (AvgIpc) is 2.36. The summed E-state index contributed by atoms with van der Waals surface area (Å²) in [6.07, 6.45) is 0.824. The Balaban J connectivity index is 2.72. The molecule has 21 heavy (non-hydrogen) atoms. The highest BCUT2D eigenvalue weighted by molar-refractivity contribution is 6.00. The first-order valence-corrected chi connectivity index (χ1v) is 6.69. The lowest BCUT2D eigenvalue weighted by molar-refractivity contribution is 0.0698. The van der Waals surface area contributed by atoms with Crippen molar-refractivity contribution in [2.24, 2.45) is 5.41 Å². The van der Waals surface area contributed by atoms with Crippen molar-refractivity contribution in [1.82, 2.24) is 5.32 Å². The SMILES string of the molecule is COc1ccc(C(=O)O)c(NC(=O)NCCC(C)(C)C)c1. The van der Waals surface area contributed by atoms with Gasteiger partial charge >= 0.3 is 12.0 Å². The van der Waals surface area contributed by atoms with Crippen LogP contribution in [0.1, 0.15) is 37.6 Å². The topological polar surface area (TPSA) is 87.7 Å². The summed E-state index contributed by atoms with van der Waals surface area (Å²) in [5, 5.41) is 14.4. The molecule has 0 atom stereocenters. The van der Waals surface area contributed by atoms with Gasteiger partial charge in [-0.3, -0.25) is 0 Å². The Morgan fingerprint density at radius 2 is 1.95 bits per heavy atom. The summed E-state index contributed by atoms with van der Waals surface area (Å²) < 4.78 is 5.03. The molecule has 0 radical (unpaired) electrons. The van der Waals surface area contributed by atoms with Crippen LogP contribution in [0.3, 0.4) is 0 Å². The van der Waals surface area contributed by atoms with Crippen molar-refractivity contribution in [3.63, 3.8) is 0 Å². The van der Waals surface area contributed by atoms with Gasteiger partial charge in [0, 0.05) is 12.6 Å². The molecule has 0 fully saturated rings. The largest absolute Gasteiger partial charge is 0.497 e. The number of methoxy groups -OCH3 is 1. The van der Waals surface area contributed by atoms with Gasteiger partial charge in [-0.25, -0.2) is 9.59 Å². The fourth-order valence-corrected chi connectivity index (χ4v) is 1.66. The molecule has 1 aromatic carbocycles. The van der Waals surface area contributed by atoms with Gasteiger partial charge < -0.3 is 20.5 Å². The number of hydrogen-bond donors (Lipinski definition) is 3. The third-order valence-corrected chi connectivity index (χ3v) is 2.87. The van der Waals surface area contributed by atoms with Crippen LogP contribution in [0.2, 0.25) is 0 Å². The molecule has 2 amide bonds. The molecule has 0 spiro atoms. The number of aromatic carboxylic acids is 1. The number of carbonyl (C=O) groups is 2. The minimum Gasteiger partial charge on any atom is -0.497 e. The zero-order valence-electron chi connectivity index (χ0n) is 12.8. The number of carboxylic acid groups (broad SMARTS) is 1. The Bertz CT molecular complexity index is 521. The van der Waals surface area contributed by atoms with E-state index in [0.717, 1.165) is 6.42 Å². The molecule has 0 heterocycles. The number of hydrogen-bond acceptors (Lipinski definition) is 3. The smallest absolute Gasteiger partial charge is 0.337 e. The minimum atomic E-state index is -1.11. The van der Waals surface area contributed by atoms with Crippen LogP contribution in [-0.2, 0) is 0 Å². The molecule has 3 N–H and O–H groups in total. The van der Waals surface area contributed by atoms with Crippen molar-refractivity contribution < 1.29 is 19.4 Å². The maximum atomic E-state index is 11.8. The zero-order chi connectivity index (χ0) is 16.0. The van der Waals surface area contributed by atoms with Crippen LogP contribution in [0.4, 0.5) is 10.5 Å². The van der Waals surface area contributed by atoms with E-state index in [4.69, 9.17) is 9.84 Å². The number of anilines is 1. The van der Waals surface area contributed by atoms with E-state index in [1.54, 1.807) is 0 Å². The number of urea groups is 1. The summed E-state index contributed by atoms with van der Waals surface area (Å²) in [4.78, 5) is 23.0. The number of carboxylic acids is 1. The van der Waals surface area contributed by atoms with E-state index in [1.807, 2.05) is 0 Å². The quantitative estimate of drug-likeness (QED) is 0.779. The van der Waals surface area contributed by atoms with E-state index in [0.29, 0.717) is 12.3 Å². The number of rotatable bonds is 5. The van der Waals surface area contributed by atoms with Crippen molar-refractivity contribution in [2.45, 2.75) is 27.2 Å². The summed E-state index contributed by atoms with van der Waals surface area (Å²) >= 11 is 0. The lowest BCUT2D eigenvalue weighted by Gasteiger charge is -2.18. The molecule has 0 saturated carbocycles. The first kappa shape index (κ1) is 16.8. The average molecular weight is 294 g/mol. The second-order valence-corrected chi connectivity index (χ2v) is 5.91. The molecule has 1 rings (SSSR count). The van der Waals surface area contributed by atoms with E-state index in [1.165, 1.54) is 25.3 Å². The predicted molar refractivity (Wildman–Crippen MR) is 81.0 cm³/mol. The van der Waals surface area contributed by atoms with Gasteiger partial charge in [-0.1, -0.05) is 20.8 Å². The molecule has 0 aliphatic rings. The van der Waals surface area contributed by atoms with Gasteiger partial charge in [0.25, 0.3) is 0 Å². The Morgan fingerprint density at radius 3 is 2.48 bits per heavy atom. The van der Waals surface area contributed by atoms with Crippen LogP contribution in [0.25, 0.3) is 0 Å². The van der Waals surface area contributed by atoms with Crippen LogP contribution in [-0.4, -0.2) is 30.8 Å². The molecule has 1 aromatic rings. The Morgan fingerprint density at radius 1 is 1.29 bits per heavy atom.